The molecule has 6 rings (SSSR count). The Hall–Kier alpha value is -13.8. The van der Waals surface area contributed by atoms with Crippen molar-refractivity contribution in [3.05, 3.63) is 114 Å². The Kier molecular flexibility index (Phi) is 41.6. The highest BCUT2D eigenvalue weighted by atomic mass is 32.2. The number of unbranched alkanes of at least 4 members (excludes halogenated alkanes) is 2. The van der Waals surface area contributed by atoms with Gasteiger partial charge in [-0.25, -0.2) is 0 Å². The number of thioether (sulfide) groups is 1. The number of benzene rings is 4. The molecular weight excluding hydrogens is 1700 g/mol. The molecule has 2 heterocycles. The number of carbonyl (C=O) groups excluding carboxylic acids is 19. The number of carbonyl (C=O) groups is 20. The van der Waals surface area contributed by atoms with Crippen LogP contribution in [0.5, 0.6) is 5.75 Å². The summed E-state index contributed by atoms with van der Waals surface area (Å²) in [5.74, 6) is -21.5. The minimum Gasteiger partial charge on any atom is -0.508 e. The van der Waals surface area contributed by atoms with Crippen molar-refractivity contribution >= 4 is 152 Å². The molecule has 1 aliphatic heterocycles. The molecular formula is C84H115N21O23S. The molecule has 19 amide bonds. The van der Waals surface area contributed by atoms with Gasteiger partial charge in [0.15, 0.2) is 0 Å². The zero-order valence-corrected chi connectivity index (χ0v) is 72.5. The first-order valence-electron chi connectivity index (χ1n) is 41.7. The van der Waals surface area contributed by atoms with Gasteiger partial charge in [0.1, 0.15) is 77.7 Å². The number of carboxylic acid groups (broad SMARTS) is 1. The van der Waals surface area contributed by atoms with Crippen LogP contribution >= 0.6 is 11.8 Å². The summed E-state index contributed by atoms with van der Waals surface area (Å²) >= 11 is 0.896. The number of nitrogens with one attached hydrogen (secondary N) is 16. The topological polar surface area (TPSA) is 728 Å². The number of aliphatic hydroxyl groups excluding tert-OH is 1. The Bertz CT molecular complexity index is 4880. The van der Waals surface area contributed by atoms with Crippen LogP contribution in [0.25, 0.3) is 21.7 Å². The first-order chi connectivity index (χ1) is 61.1. The fraction of sp³-hybridized carbons (Fsp3) is 0.476. The lowest BCUT2D eigenvalue weighted by Gasteiger charge is -2.34. The number of aromatic amines is 1. The van der Waals surface area contributed by atoms with Crippen LogP contribution in [0.1, 0.15) is 134 Å². The third-order valence-electron chi connectivity index (χ3n) is 20.7. The number of hydrogen-bond donors (Lipinski definition) is 24. The van der Waals surface area contributed by atoms with E-state index >= 15 is 28.8 Å². The Morgan fingerprint density at radius 1 is 0.558 bits per heavy atom. The highest BCUT2D eigenvalue weighted by Crippen LogP contribution is 2.24. The van der Waals surface area contributed by atoms with Crippen molar-refractivity contribution in [2.24, 2.45) is 28.7 Å². The standard InChI is InChI=1S/C84H115N21O23S/c1-44(106)71-82(127)101-62(38-51-40-91-54-16-8-7-15-53(51)54)79(124)97-57(24-27-65(86)110)75(120)102-64(43-129-34-30-59(94-46(3)108)76(121)96-58(77(122)104-71)25-28-66(87)111)80(125)98-60(36-47-19-22-52(109)23-20-47)78(123)99-61(37-48-18-21-49-13-5-6-14-50(49)35-48)81(126)105-84(4,31-10-11-32-85)83(128)103-56(17-9-12-33-90-45(2)107)74(119)100-63(39-67(88)112)73(118)93-41-68(113)92-42-69(114)95-55(72(89)117)26-29-70(115)116/h5-8,13-16,18-23,35,40,44,55-64,71,91,106,109H,9-12,17,24-34,36-39,41-43,85H2,1-4H3,(H2,86,110)(H2,87,111)(H2,88,112)(H2,89,117)(H,90,107)(H,92,113)(H,93,118)(H,94,108)(H,95,114)(H,96,121)(H,97,124)(H,98,125)(H,99,123)(H,100,119)(H,101,127)(H,102,120)(H,103,128)(H,104,122)(H,105,126)(H,115,116)/t44-,55+,56+,57+,58+,59+,60+,61+,62+,63+,64+,71+,84+/m1/s1. The Morgan fingerprint density at radius 2 is 1.16 bits per heavy atom. The monoisotopic (exact) mass is 1820 g/mol. The van der Waals surface area contributed by atoms with Crippen LogP contribution in [-0.4, -0.2) is 254 Å². The minimum absolute atomic E-state index is 0.0759. The van der Waals surface area contributed by atoms with Crippen molar-refractivity contribution in [1.29, 1.82) is 0 Å². The first kappa shape index (κ1) is 104. The van der Waals surface area contributed by atoms with Crippen molar-refractivity contribution in [3.63, 3.8) is 0 Å². The molecule has 129 heavy (non-hydrogen) atoms. The second kappa shape index (κ2) is 51.7. The SMILES string of the molecule is CC(=O)NCCCC[C@H](NC(=O)[C@](C)(CCCCN)NC(=O)[C@H](Cc1ccc2ccccc2c1)NC(=O)[C@H](Cc1ccc(O)cc1)NC(=O)[C@@H]1CSCC[C@H](NC(C)=O)C(=O)N[C@@H](CCC(N)=O)C(=O)N[C@@H]([C@@H](C)O)C(=O)N[C@@H](Cc2c[nH]c3ccccc23)C(=O)N[C@@H](CCC(N)=O)C(=O)N1)C(=O)N[C@@H](CC(N)=O)C(=O)NCC(=O)NCC(=O)N[C@@H](CCC(=O)O)C(N)=O. The smallest absolute Gasteiger partial charge is 0.303 e. The maximum atomic E-state index is 15.7. The summed E-state index contributed by atoms with van der Waals surface area (Å²) in [5, 5.41) is 70.1. The third-order valence-corrected chi connectivity index (χ3v) is 21.8. The molecule has 13 atom stereocenters. The number of H-pyrrole nitrogens is 1. The van der Waals surface area contributed by atoms with E-state index in [9.17, 15) is 77.3 Å². The molecule has 45 heteroatoms. The number of aliphatic carboxylic acids is 1. The lowest BCUT2D eigenvalue weighted by atomic mass is 9.91. The molecule has 44 nitrogen and oxygen atoms in total. The number of para-hydroxylation sites is 1. The molecule has 1 saturated heterocycles. The molecule has 1 aliphatic rings. The third kappa shape index (κ3) is 35.5. The van der Waals surface area contributed by atoms with E-state index in [0.717, 1.165) is 31.0 Å². The van der Waals surface area contributed by atoms with Gasteiger partial charge in [0.25, 0.3) is 0 Å². The molecule has 700 valence electrons. The average molecular weight is 1820 g/mol. The number of amides is 19. The summed E-state index contributed by atoms with van der Waals surface area (Å²) in [6, 6.07) is 5.61. The zero-order chi connectivity index (χ0) is 95.2. The Labute approximate surface area is 745 Å². The number of hydrogen-bond acceptors (Lipinski definition) is 24. The van der Waals surface area contributed by atoms with Gasteiger partial charge in [0.2, 0.25) is 112 Å². The molecule has 0 radical (unpaired) electrons. The Balaban J connectivity index is 1.40. The van der Waals surface area contributed by atoms with Gasteiger partial charge in [0.05, 0.1) is 25.6 Å². The average Bonchev–Trinajstić information content (AvgIpc) is 1.80. The summed E-state index contributed by atoms with van der Waals surface area (Å²) in [7, 11) is 0. The van der Waals surface area contributed by atoms with Crippen LogP contribution in [-0.2, 0) is 115 Å². The number of aliphatic hydroxyl groups is 1. The number of rotatable bonds is 45. The summed E-state index contributed by atoms with van der Waals surface area (Å²) in [4.78, 5) is 278. The van der Waals surface area contributed by atoms with Crippen molar-refractivity contribution in [2.45, 2.75) is 215 Å². The number of carboxylic acids is 1. The van der Waals surface area contributed by atoms with Crippen molar-refractivity contribution < 1.29 is 111 Å². The van der Waals surface area contributed by atoms with E-state index in [0.29, 0.717) is 27.4 Å². The summed E-state index contributed by atoms with van der Waals surface area (Å²) in [6.45, 7) is 3.27. The number of phenolic OH excluding ortho intramolecular Hbond substituents is 1. The van der Waals surface area contributed by atoms with Gasteiger partial charge in [-0.2, -0.15) is 11.8 Å². The maximum Gasteiger partial charge on any atom is 0.303 e. The fourth-order valence-electron chi connectivity index (χ4n) is 13.7. The lowest BCUT2D eigenvalue weighted by Crippen LogP contribution is -2.64. The van der Waals surface area contributed by atoms with Crippen LogP contribution in [0.3, 0.4) is 0 Å². The number of nitrogens with two attached hydrogens (primary N) is 5. The molecule has 0 bridgehead atoms. The molecule has 0 spiro atoms. The van der Waals surface area contributed by atoms with Crippen LogP contribution < -0.4 is 108 Å². The highest BCUT2D eigenvalue weighted by Gasteiger charge is 2.42. The molecule has 1 fully saturated rings. The van der Waals surface area contributed by atoms with E-state index in [1.165, 1.54) is 44.3 Å². The van der Waals surface area contributed by atoms with Crippen molar-refractivity contribution in [2.75, 3.05) is 37.7 Å². The van der Waals surface area contributed by atoms with Gasteiger partial charge >= 0.3 is 5.97 Å². The molecule has 5 aromatic rings. The molecule has 4 aromatic carbocycles. The molecule has 0 saturated carbocycles. The van der Waals surface area contributed by atoms with Crippen molar-refractivity contribution in [1.82, 2.24) is 84.7 Å². The van der Waals surface area contributed by atoms with E-state index in [4.69, 9.17) is 33.8 Å². The van der Waals surface area contributed by atoms with Crippen LogP contribution in [0, 0.1) is 0 Å². The summed E-state index contributed by atoms with van der Waals surface area (Å²) in [5.41, 5.74) is 27.6. The molecule has 0 unspecified atom stereocenters. The Morgan fingerprint density at radius 3 is 1.79 bits per heavy atom. The number of phenols is 1. The number of aromatic hydroxyl groups is 1. The van der Waals surface area contributed by atoms with E-state index < -0.39 is 260 Å². The largest absolute Gasteiger partial charge is 0.508 e. The van der Waals surface area contributed by atoms with Crippen LogP contribution in [0.2, 0.25) is 0 Å². The fourth-order valence-corrected chi connectivity index (χ4v) is 14.7. The lowest BCUT2D eigenvalue weighted by molar-refractivity contribution is -0.138. The van der Waals surface area contributed by atoms with Gasteiger partial charge < -0.3 is 129 Å². The summed E-state index contributed by atoms with van der Waals surface area (Å²) in [6.07, 6.45) is -5.44. The van der Waals surface area contributed by atoms with E-state index in [1.54, 1.807) is 60.7 Å². The van der Waals surface area contributed by atoms with E-state index in [-0.39, 0.29) is 94.4 Å². The molecule has 29 N–H and O–H groups in total. The normalized spacial score (nSPS) is 18.3. The van der Waals surface area contributed by atoms with Crippen LogP contribution in [0.15, 0.2) is 97.2 Å². The van der Waals surface area contributed by atoms with E-state index in [2.05, 4.69) is 84.7 Å². The predicted octanol–water partition coefficient (Wildman–Crippen LogP) is -5.78. The summed E-state index contributed by atoms with van der Waals surface area (Å²) < 4.78 is 0. The van der Waals surface area contributed by atoms with Crippen LogP contribution in [0.4, 0.5) is 0 Å². The number of aromatic nitrogens is 1. The maximum absolute atomic E-state index is 15.7. The van der Waals surface area contributed by atoms with Gasteiger partial charge in [-0.05, 0) is 136 Å². The zero-order valence-electron chi connectivity index (χ0n) is 71.7. The van der Waals surface area contributed by atoms with Gasteiger partial charge in [-0.3, -0.25) is 95.9 Å². The van der Waals surface area contributed by atoms with Crippen molar-refractivity contribution in [3.8, 4) is 5.75 Å². The quantitative estimate of drug-likeness (QED) is 0.0162. The first-order valence-corrected chi connectivity index (χ1v) is 42.8. The minimum atomic E-state index is -2.09. The number of fused-ring (bicyclic) bond motifs is 2. The van der Waals surface area contributed by atoms with Gasteiger partial charge in [-0.1, -0.05) is 72.8 Å². The second-order valence-electron chi connectivity index (χ2n) is 31.3. The van der Waals surface area contributed by atoms with E-state index in [1.807, 2.05) is 6.07 Å². The van der Waals surface area contributed by atoms with Gasteiger partial charge in [-0.15, -0.1) is 0 Å². The van der Waals surface area contributed by atoms with Gasteiger partial charge in [0, 0.05) is 81.8 Å². The number of primary amides is 4. The molecule has 1 aromatic heterocycles. The predicted molar refractivity (Wildman–Crippen MR) is 467 cm³/mol. The highest BCUT2D eigenvalue weighted by molar-refractivity contribution is 7.99. The molecule has 0 aliphatic carbocycles. The second-order valence-corrected chi connectivity index (χ2v) is 32.4.